The topological polar surface area (TPSA) is 49.0 Å². The predicted octanol–water partition coefficient (Wildman–Crippen LogP) is 2.14. The van der Waals surface area contributed by atoms with E-state index in [9.17, 15) is 18.0 Å². The summed E-state index contributed by atoms with van der Waals surface area (Å²) in [6.07, 6.45) is -3.24. The molecule has 0 aromatic carbocycles. The smallest absolute Gasteiger partial charge is 0.346 e. The van der Waals surface area contributed by atoms with Gasteiger partial charge >= 0.3 is 6.18 Å². The highest BCUT2D eigenvalue weighted by Crippen LogP contribution is 2.22. The van der Waals surface area contributed by atoms with Gasteiger partial charge < -0.3 is 9.88 Å². The Labute approximate surface area is 117 Å². The SMILES string of the molecule is O=c1[nH]cnc(N(CCBr)CC(F)(F)F)c1I. The maximum atomic E-state index is 12.4. The molecule has 0 amide bonds. The Morgan fingerprint density at radius 3 is 2.71 bits per heavy atom. The van der Waals surface area contributed by atoms with E-state index in [0.717, 1.165) is 11.2 Å². The third-order valence-corrected chi connectivity index (χ3v) is 3.13. The molecule has 1 rings (SSSR count). The normalized spacial score (nSPS) is 11.6. The molecule has 0 saturated heterocycles. The number of nitrogens with one attached hydrogen (secondary N) is 1. The van der Waals surface area contributed by atoms with Gasteiger partial charge in [0, 0.05) is 11.9 Å². The number of nitrogens with zero attached hydrogens (tertiary/aromatic N) is 2. The Kier molecular flexibility index (Phi) is 5.22. The highest BCUT2D eigenvalue weighted by Gasteiger charge is 2.32. The fourth-order valence-electron chi connectivity index (χ4n) is 1.17. The van der Waals surface area contributed by atoms with E-state index in [4.69, 9.17) is 0 Å². The Balaban J connectivity index is 3.05. The predicted molar refractivity (Wildman–Crippen MR) is 69.6 cm³/mol. The first-order chi connectivity index (χ1) is 7.85. The van der Waals surface area contributed by atoms with Crippen molar-refractivity contribution in [3.05, 3.63) is 20.3 Å². The first-order valence-corrected chi connectivity index (χ1v) is 6.66. The zero-order valence-corrected chi connectivity index (χ0v) is 12.1. The van der Waals surface area contributed by atoms with E-state index in [1.165, 1.54) is 0 Å². The van der Waals surface area contributed by atoms with E-state index in [-0.39, 0.29) is 15.9 Å². The number of anilines is 1. The van der Waals surface area contributed by atoms with Crippen LogP contribution in [0, 0.1) is 3.57 Å². The van der Waals surface area contributed by atoms with Gasteiger partial charge in [0.05, 0.1) is 6.33 Å². The van der Waals surface area contributed by atoms with Gasteiger partial charge in [-0.3, -0.25) is 4.79 Å². The van der Waals surface area contributed by atoms with E-state index >= 15 is 0 Å². The molecule has 0 fully saturated rings. The third-order valence-electron chi connectivity index (χ3n) is 1.80. The van der Waals surface area contributed by atoms with Gasteiger partial charge in [0.25, 0.3) is 5.56 Å². The molecular weight excluding hydrogens is 418 g/mol. The fraction of sp³-hybridized carbons (Fsp3) is 0.500. The molecule has 1 aromatic heterocycles. The van der Waals surface area contributed by atoms with Crippen molar-refractivity contribution in [1.29, 1.82) is 0 Å². The summed E-state index contributed by atoms with van der Waals surface area (Å²) in [7, 11) is 0. The summed E-state index contributed by atoms with van der Waals surface area (Å²) in [6, 6.07) is 0. The lowest BCUT2D eigenvalue weighted by Crippen LogP contribution is -2.37. The van der Waals surface area contributed by atoms with Crippen molar-refractivity contribution in [3.8, 4) is 0 Å². The van der Waals surface area contributed by atoms with Crippen LogP contribution in [-0.4, -0.2) is 34.6 Å². The number of alkyl halides is 4. The van der Waals surface area contributed by atoms with Crippen LogP contribution in [0.2, 0.25) is 0 Å². The highest BCUT2D eigenvalue weighted by molar-refractivity contribution is 14.1. The Bertz CT molecular complexity index is 437. The van der Waals surface area contributed by atoms with Gasteiger partial charge in [-0.1, -0.05) is 15.9 Å². The summed E-state index contributed by atoms with van der Waals surface area (Å²) in [5, 5.41) is 0.355. The number of halogens is 5. The second-order valence-electron chi connectivity index (χ2n) is 3.09. The van der Waals surface area contributed by atoms with Crippen LogP contribution in [0.1, 0.15) is 0 Å². The summed E-state index contributed by atoms with van der Waals surface area (Å²) in [5.41, 5.74) is -0.447. The Hall–Kier alpha value is -0.320. The van der Waals surface area contributed by atoms with E-state index in [0.29, 0.717) is 5.33 Å². The number of aromatic amines is 1. The maximum Gasteiger partial charge on any atom is 0.405 e. The lowest BCUT2D eigenvalue weighted by Gasteiger charge is -2.24. The molecule has 0 atom stereocenters. The zero-order chi connectivity index (χ0) is 13.1. The van der Waals surface area contributed by atoms with Crippen molar-refractivity contribution in [1.82, 2.24) is 9.97 Å². The summed E-state index contributed by atoms with van der Waals surface area (Å²) < 4.78 is 37.3. The molecule has 9 heteroatoms. The van der Waals surface area contributed by atoms with E-state index < -0.39 is 18.3 Å². The fourth-order valence-corrected chi connectivity index (χ4v) is 2.24. The first-order valence-electron chi connectivity index (χ1n) is 4.46. The van der Waals surface area contributed by atoms with Crippen molar-refractivity contribution >= 4 is 44.3 Å². The van der Waals surface area contributed by atoms with Gasteiger partial charge in [-0.05, 0) is 22.6 Å². The average molecular weight is 426 g/mol. The Morgan fingerprint density at radius 1 is 1.53 bits per heavy atom. The number of aromatic nitrogens is 2. The standard InChI is InChI=1S/C8H8BrF3IN3O/c9-1-2-16(3-8(10,11)12)6-5(13)7(17)15-4-14-6/h4H,1-3H2,(H,14,15,17). The van der Waals surface area contributed by atoms with Crippen molar-refractivity contribution < 1.29 is 13.2 Å². The molecule has 0 aliphatic heterocycles. The molecule has 0 aliphatic rings. The van der Waals surface area contributed by atoms with Crippen LogP contribution >= 0.6 is 38.5 Å². The molecule has 0 unspecified atom stereocenters. The molecule has 1 aromatic rings. The summed E-state index contributed by atoms with van der Waals surface area (Å²) in [6.45, 7) is -1.02. The quantitative estimate of drug-likeness (QED) is 0.594. The van der Waals surface area contributed by atoms with Gasteiger partial charge in [-0.2, -0.15) is 13.2 Å². The van der Waals surface area contributed by atoms with Crippen molar-refractivity contribution in [2.45, 2.75) is 6.18 Å². The number of hydrogen-bond acceptors (Lipinski definition) is 3. The first kappa shape index (κ1) is 14.7. The minimum Gasteiger partial charge on any atom is -0.346 e. The van der Waals surface area contributed by atoms with Crippen molar-refractivity contribution in [2.75, 3.05) is 23.3 Å². The maximum absolute atomic E-state index is 12.4. The van der Waals surface area contributed by atoms with Crippen LogP contribution in [-0.2, 0) is 0 Å². The average Bonchev–Trinajstić information content (AvgIpc) is 2.19. The highest BCUT2D eigenvalue weighted by atomic mass is 127. The summed E-state index contributed by atoms with van der Waals surface area (Å²) >= 11 is 4.75. The summed E-state index contributed by atoms with van der Waals surface area (Å²) in [5.74, 6) is 0.0473. The molecular formula is C8H8BrF3IN3O. The van der Waals surface area contributed by atoms with E-state index in [1.54, 1.807) is 22.6 Å². The monoisotopic (exact) mass is 425 g/mol. The molecule has 0 spiro atoms. The number of rotatable bonds is 4. The van der Waals surface area contributed by atoms with Crippen LogP contribution in [0.25, 0.3) is 0 Å². The van der Waals surface area contributed by atoms with Gasteiger partial charge in [-0.15, -0.1) is 0 Å². The molecule has 4 nitrogen and oxygen atoms in total. The number of hydrogen-bond donors (Lipinski definition) is 1. The van der Waals surface area contributed by atoms with Crippen LogP contribution in [0.15, 0.2) is 11.1 Å². The molecule has 1 heterocycles. The lowest BCUT2D eigenvalue weighted by atomic mass is 10.4. The second kappa shape index (κ2) is 6.03. The molecule has 96 valence electrons. The zero-order valence-electron chi connectivity index (χ0n) is 8.39. The van der Waals surface area contributed by atoms with Gasteiger partial charge in [0.15, 0.2) is 0 Å². The lowest BCUT2D eigenvalue weighted by molar-refractivity contribution is -0.119. The largest absolute Gasteiger partial charge is 0.405 e. The number of H-pyrrole nitrogens is 1. The molecule has 0 bridgehead atoms. The minimum atomic E-state index is -4.34. The minimum absolute atomic E-state index is 0.0473. The van der Waals surface area contributed by atoms with Gasteiger partial charge in [-0.25, -0.2) is 4.98 Å². The molecule has 17 heavy (non-hydrogen) atoms. The second-order valence-corrected chi connectivity index (χ2v) is 4.97. The van der Waals surface area contributed by atoms with Gasteiger partial charge in [0.1, 0.15) is 15.9 Å². The molecule has 0 radical (unpaired) electrons. The van der Waals surface area contributed by atoms with Gasteiger partial charge in [0.2, 0.25) is 0 Å². The van der Waals surface area contributed by atoms with Crippen molar-refractivity contribution in [3.63, 3.8) is 0 Å². The van der Waals surface area contributed by atoms with E-state index in [1.807, 2.05) is 0 Å². The third kappa shape index (κ3) is 4.45. The van der Waals surface area contributed by atoms with E-state index in [2.05, 4.69) is 25.9 Å². The van der Waals surface area contributed by atoms with Crippen LogP contribution in [0.3, 0.4) is 0 Å². The molecule has 0 saturated carbocycles. The molecule has 0 aliphatic carbocycles. The van der Waals surface area contributed by atoms with Crippen molar-refractivity contribution in [2.24, 2.45) is 0 Å². The van der Waals surface area contributed by atoms with Crippen LogP contribution < -0.4 is 10.5 Å². The Morgan fingerprint density at radius 2 is 2.18 bits per heavy atom. The molecule has 1 N–H and O–H groups in total. The summed E-state index contributed by atoms with van der Waals surface area (Å²) in [4.78, 5) is 18.4. The van der Waals surface area contributed by atoms with Crippen LogP contribution in [0.5, 0.6) is 0 Å². The van der Waals surface area contributed by atoms with Crippen LogP contribution in [0.4, 0.5) is 19.0 Å².